The molecule has 39 heavy (non-hydrogen) atoms. The van der Waals surface area contributed by atoms with Crippen LogP contribution in [0.25, 0.3) is 17.0 Å². The lowest BCUT2D eigenvalue weighted by Crippen LogP contribution is -2.70. The number of ether oxygens (including phenoxy) is 1. The van der Waals surface area contributed by atoms with Crippen molar-refractivity contribution < 1.29 is 17.9 Å². The highest BCUT2D eigenvalue weighted by Crippen LogP contribution is 2.78. The molecule has 2 bridgehead atoms. The molecule has 1 saturated heterocycles. The monoisotopic (exact) mass is 554 g/mol. The van der Waals surface area contributed by atoms with Gasteiger partial charge in [-0.15, -0.1) is 11.3 Å². The molecule has 0 radical (unpaired) electrons. The fourth-order valence-corrected chi connectivity index (χ4v) is 7.01. The van der Waals surface area contributed by atoms with Crippen molar-refractivity contribution in [3.8, 4) is 5.82 Å². The zero-order valence-corrected chi connectivity index (χ0v) is 22.1. The fourth-order valence-electron chi connectivity index (χ4n) is 6.48. The van der Waals surface area contributed by atoms with Crippen LogP contribution in [-0.2, 0) is 10.2 Å². The van der Waals surface area contributed by atoms with Crippen molar-refractivity contribution >= 4 is 22.5 Å². The second-order valence-corrected chi connectivity index (χ2v) is 11.9. The number of pyridine rings is 1. The number of aryl methyl sites for hydroxylation is 2. The minimum atomic E-state index is -4.21. The van der Waals surface area contributed by atoms with Crippen LogP contribution < -0.4 is 5.56 Å². The Labute approximate surface area is 225 Å². The Morgan fingerprint density at radius 1 is 1.08 bits per heavy atom. The number of halogens is 3. The number of rotatable bonds is 4. The molecule has 5 heterocycles. The van der Waals surface area contributed by atoms with E-state index in [-0.39, 0.29) is 36.8 Å². The highest BCUT2D eigenvalue weighted by Gasteiger charge is 2.79. The molecule has 12 heteroatoms. The minimum Gasteiger partial charge on any atom is -0.373 e. The Morgan fingerprint density at radius 3 is 2.56 bits per heavy atom. The lowest BCUT2D eigenvalue weighted by Gasteiger charge is -2.70. The summed E-state index contributed by atoms with van der Waals surface area (Å²) >= 11 is 1.41. The van der Waals surface area contributed by atoms with Crippen molar-refractivity contribution in [3.05, 3.63) is 68.0 Å². The largest absolute Gasteiger partial charge is 0.394 e. The molecule has 4 aromatic rings. The summed E-state index contributed by atoms with van der Waals surface area (Å²) in [6.45, 7) is 4.15. The Hall–Kier alpha value is -3.25. The SMILES string of the molecule is Cc1nc2nc([C@H]3CCO[C@@H](c4ccc(=O)n(-c5cscn5)c4)C3)nc(C34CC(C(F)(F)F)(C3)C4)c2nc1C. The van der Waals surface area contributed by atoms with Gasteiger partial charge in [-0.1, -0.05) is 0 Å². The number of fused-ring (bicyclic) bond motifs is 1. The number of thiazole rings is 1. The first-order valence-corrected chi connectivity index (χ1v) is 13.8. The maximum Gasteiger partial charge on any atom is 0.394 e. The minimum absolute atomic E-state index is 0.0399. The Morgan fingerprint density at radius 2 is 1.85 bits per heavy atom. The molecular weight excluding hydrogens is 529 g/mol. The molecule has 8 rings (SSSR count). The zero-order chi connectivity index (χ0) is 27.2. The smallest absolute Gasteiger partial charge is 0.373 e. The molecule has 0 amide bonds. The number of alkyl halides is 3. The summed E-state index contributed by atoms with van der Waals surface area (Å²) in [5.41, 5.74) is 3.10. The van der Waals surface area contributed by atoms with E-state index in [4.69, 9.17) is 19.7 Å². The summed E-state index contributed by atoms with van der Waals surface area (Å²) in [6, 6.07) is 3.27. The van der Waals surface area contributed by atoms with Crippen LogP contribution in [0.15, 0.2) is 34.0 Å². The Balaban J connectivity index is 1.24. The number of aromatic nitrogens is 6. The molecule has 4 aromatic heterocycles. The van der Waals surface area contributed by atoms with Gasteiger partial charge in [0.05, 0.1) is 34.1 Å². The van der Waals surface area contributed by atoms with Crippen LogP contribution in [0, 0.1) is 19.3 Å². The normalized spacial score (nSPS) is 28.2. The number of hydrogen-bond donors (Lipinski definition) is 0. The molecule has 2 atom stereocenters. The molecule has 1 aliphatic heterocycles. The van der Waals surface area contributed by atoms with E-state index in [0.717, 1.165) is 17.0 Å². The fraction of sp³-hybridized carbons (Fsp3) is 0.481. The highest BCUT2D eigenvalue weighted by atomic mass is 32.1. The highest BCUT2D eigenvalue weighted by molar-refractivity contribution is 7.07. The van der Waals surface area contributed by atoms with E-state index in [9.17, 15) is 18.0 Å². The van der Waals surface area contributed by atoms with Crippen LogP contribution in [-0.4, -0.2) is 42.3 Å². The van der Waals surface area contributed by atoms with E-state index in [0.29, 0.717) is 47.9 Å². The lowest BCUT2D eigenvalue weighted by atomic mass is 9.34. The molecule has 0 N–H and O–H groups in total. The topological polar surface area (TPSA) is 95.7 Å². The van der Waals surface area contributed by atoms with E-state index in [1.165, 1.54) is 22.0 Å². The molecule has 3 aliphatic carbocycles. The predicted octanol–water partition coefficient (Wildman–Crippen LogP) is 5.26. The third-order valence-electron chi connectivity index (χ3n) is 8.71. The molecule has 0 aromatic carbocycles. The van der Waals surface area contributed by atoms with Crippen LogP contribution in [0.1, 0.15) is 72.6 Å². The van der Waals surface area contributed by atoms with Gasteiger partial charge in [0, 0.05) is 35.6 Å². The average molecular weight is 555 g/mol. The van der Waals surface area contributed by atoms with E-state index in [1.807, 2.05) is 13.8 Å². The predicted molar refractivity (Wildman–Crippen MR) is 137 cm³/mol. The molecule has 202 valence electrons. The van der Waals surface area contributed by atoms with Gasteiger partial charge in [0.25, 0.3) is 5.56 Å². The van der Waals surface area contributed by atoms with Crippen molar-refractivity contribution in [2.24, 2.45) is 5.41 Å². The third-order valence-corrected chi connectivity index (χ3v) is 9.29. The van der Waals surface area contributed by atoms with E-state index >= 15 is 0 Å². The maximum absolute atomic E-state index is 13.7. The van der Waals surface area contributed by atoms with Gasteiger partial charge in [-0.3, -0.25) is 9.36 Å². The number of hydrogen-bond acceptors (Lipinski definition) is 8. The first-order chi connectivity index (χ1) is 18.6. The van der Waals surface area contributed by atoms with Gasteiger partial charge in [-0.2, -0.15) is 13.2 Å². The summed E-state index contributed by atoms with van der Waals surface area (Å²) in [7, 11) is 0. The van der Waals surface area contributed by atoms with Crippen molar-refractivity contribution in [2.45, 2.75) is 69.6 Å². The van der Waals surface area contributed by atoms with Crippen LogP contribution >= 0.6 is 11.3 Å². The lowest BCUT2D eigenvalue weighted by molar-refractivity contribution is -0.337. The van der Waals surface area contributed by atoms with Gasteiger partial charge in [0.1, 0.15) is 11.3 Å². The Bertz CT molecular complexity index is 1650. The quantitative estimate of drug-likeness (QED) is 0.339. The standard InChI is InChI=1S/C27H25F3N6O2S/c1-14-15(2)33-24-21(32-14)22(25-10-26(11-25,12-25)27(28,29)30)34-23(35-24)16-5-6-38-18(7-16)17-3-4-20(37)36(8-17)19-9-39-13-31-19/h3-4,8-9,13,16,18H,5-7,10-12H2,1-2H3/t16-,18+,25?,26?/m0/s1. The van der Waals surface area contributed by atoms with Gasteiger partial charge in [0.2, 0.25) is 0 Å². The molecule has 0 unspecified atom stereocenters. The van der Waals surface area contributed by atoms with Gasteiger partial charge in [0.15, 0.2) is 11.5 Å². The Kier molecular flexibility index (Phi) is 5.32. The molecule has 8 nitrogen and oxygen atoms in total. The second-order valence-electron chi connectivity index (χ2n) is 11.2. The first-order valence-electron chi connectivity index (χ1n) is 12.9. The summed E-state index contributed by atoms with van der Waals surface area (Å²) in [4.78, 5) is 35.8. The molecule has 0 spiro atoms. The summed E-state index contributed by atoms with van der Waals surface area (Å²) in [5, 5.41) is 1.80. The zero-order valence-electron chi connectivity index (χ0n) is 21.3. The summed E-state index contributed by atoms with van der Waals surface area (Å²) < 4.78 is 48.6. The average Bonchev–Trinajstić information content (AvgIpc) is 3.37. The van der Waals surface area contributed by atoms with Gasteiger partial charge in [-0.05, 0) is 57.6 Å². The van der Waals surface area contributed by atoms with Crippen LogP contribution in [0.3, 0.4) is 0 Å². The number of nitrogens with zero attached hydrogens (tertiary/aromatic N) is 6. The second kappa shape index (κ2) is 8.37. The molecular formula is C27H25F3N6O2S. The maximum atomic E-state index is 13.7. The molecule has 3 saturated carbocycles. The summed E-state index contributed by atoms with van der Waals surface area (Å²) in [5.74, 6) is 1.04. The molecule has 4 fully saturated rings. The van der Waals surface area contributed by atoms with E-state index in [1.54, 1.807) is 23.2 Å². The van der Waals surface area contributed by atoms with Crippen molar-refractivity contribution in [1.29, 1.82) is 0 Å². The van der Waals surface area contributed by atoms with Gasteiger partial charge >= 0.3 is 6.18 Å². The van der Waals surface area contributed by atoms with Crippen molar-refractivity contribution in [1.82, 2.24) is 29.5 Å². The van der Waals surface area contributed by atoms with E-state index in [2.05, 4.69) is 9.97 Å². The third kappa shape index (κ3) is 3.75. The van der Waals surface area contributed by atoms with Crippen molar-refractivity contribution in [3.63, 3.8) is 0 Å². The van der Waals surface area contributed by atoms with Gasteiger partial charge < -0.3 is 4.74 Å². The van der Waals surface area contributed by atoms with Crippen LogP contribution in [0.4, 0.5) is 13.2 Å². The summed E-state index contributed by atoms with van der Waals surface area (Å²) in [6.07, 6.45) is -1.39. The van der Waals surface area contributed by atoms with Crippen molar-refractivity contribution in [2.75, 3.05) is 6.61 Å². The van der Waals surface area contributed by atoms with E-state index < -0.39 is 17.0 Å². The van der Waals surface area contributed by atoms with Gasteiger partial charge in [-0.25, -0.2) is 24.9 Å². The van der Waals surface area contributed by atoms with Crippen LogP contribution in [0.5, 0.6) is 0 Å². The van der Waals surface area contributed by atoms with Crippen LogP contribution in [0.2, 0.25) is 0 Å². The molecule has 4 aliphatic rings. The first kappa shape index (κ1) is 24.8.